The third-order valence-electron chi connectivity index (χ3n) is 4.85. The first-order chi connectivity index (χ1) is 15.0. The van der Waals surface area contributed by atoms with E-state index in [4.69, 9.17) is 21.1 Å². The van der Waals surface area contributed by atoms with Gasteiger partial charge in [0.2, 0.25) is 0 Å². The van der Waals surface area contributed by atoms with Gasteiger partial charge in [-0.25, -0.2) is 4.79 Å². The highest BCUT2D eigenvalue weighted by atomic mass is 35.5. The number of nitriles is 1. The minimum atomic E-state index is -0.572. The maximum absolute atomic E-state index is 12.4. The molecule has 160 valence electrons. The van der Waals surface area contributed by atoms with Crippen molar-refractivity contribution in [1.82, 2.24) is 5.32 Å². The van der Waals surface area contributed by atoms with E-state index >= 15 is 0 Å². The number of rotatable bonds is 5. The van der Waals surface area contributed by atoms with E-state index in [1.807, 2.05) is 0 Å². The molecule has 11 heteroatoms. The van der Waals surface area contributed by atoms with E-state index < -0.39 is 12.2 Å². The van der Waals surface area contributed by atoms with Crippen molar-refractivity contribution in [3.05, 3.63) is 45.1 Å². The van der Waals surface area contributed by atoms with Crippen molar-refractivity contribution in [1.29, 1.82) is 5.26 Å². The van der Waals surface area contributed by atoms with Crippen LogP contribution in [0.15, 0.2) is 30.3 Å². The summed E-state index contributed by atoms with van der Waals surface area (Å²) in [6, 6.07) is 10.2. The van der Waals surface area contributed by atoms with E-state index in [1.165, 1.54) is 9.80 Å². The summed E-state index contributed by atoms with van der Waals surface area (Å²) in [4.78, 5) is 40.0. The molecule has 2 fully saturated rings. The minimum Gasteiger partial charge on any atom is -0.442 e. The number of cyclic esters (lactones) is 1. The van der Waals surface area contributed by atoms with Crippen LogP contribution in [-0.2, 0) is 14.3 Å². The Morgan fingerprint density at radius 1 is 1.29 bits per heavy atom. The number of hydrogen-bond acceptors (Lipinski definition) is 7. The Balaban J connectivity index is 1.43. The van der Waals surface area contributed by atoms with Gasteiger partial charge in [-0.1, -0.05) is 11.6 Å². The first-order valence-corrected chi connectivity index (χ1v) is 10.6. The summed E-state index contributed by atoms with van der Waals surface area (Å²) < 4.78 is 11.0. The number of halogens is 1. The van der Waals surface area contributed by atoms with Crippen molar-refractivity contribution in [2.75, 3.05) is 42.6 Å². The standard InChI is InChI=1S/C20H17ClN4O5S/c21-17-4-3-16(31-17)19(27)23-9-14-10-25(20(28)30-14)13-1-2-15(12(7-13)8-22)24-5-6-29-11-18(24)26/h1-4,7,14H,5-6,9-11H2,(H,23,27). The summed E-state index contributed by atoms with van der Waals surface area (Å²) in [5, 5.41) is 12.3. The van der Waals surface area contributed by atoms with Crippen LogP contribution < -0.4 is 15.1 Å². The minimum absolute atomic E-state index is 0.0316. The Morgan fingerprint density at radius 2 is 2.13 bits per heavy atom. The lowest BCUT2D eigenvalue weighted by atomic mass is 10.1. The number of anilines is 2. The van der Waals surface area contributed by atoms with Crippen molar-refractivity contribution in [3.8, 4) is 6.07 Å². The normalized spacial score (nSPS) is 18.6. The highest BCUT2D eigenvalue weighted by Gasteiger charge is 2.33. The van der Waals surface area contributed by atoms with E-state index in [0.29, 0.717) is 33.7 Å². The number of amides is 3. The maximum atomic E-state index is 12.4. The van der Waals surface area contributed by atoms with Gasteiger partial charge in [-0.05, 0) is 30.3 Å². The van der Waals surface area contributed by atoms with Crippen LogP contribution in [0.2, 0.25) is 4.34 Å². The fourth-order valence-electron chi connectivity index (χ4n) is 3.36. The number of benzene rings is 1. The quantitative estimate of drug-likeness (QED) is 0.733. The zero-order valence-corrected chi connectivity index (χ0v) is 17.7. The van der Waals surface area contributed by atoms with Gasteiger partial charge >= 0.3 is 6.09 Å². The molecule has 3 amide bonds. The van der Waals surface area contributed by atoms with Crippen LogP contribution in [0.25, 0.3) is 0 Å². The van der Waals surface area contributed by atoms with Gasteiger partial charge in [0.05, 0.1) is 40.2 Å². The number of nitrogens with zero attached hydrogens (tertiary/aromatic N) is 3. The van der Waals surface area contributed by atoms with E-state index in [2.05, 4.69) is 11.4 Å². The van der Waals surface area contributed by atoms with Crippen molar-refractivity contribution < 1.29 is 23.9 Å². The fourth-order valence-corrected chi connectivity index (χ4v) is 4.32. The number of nitrogens with one attached hydrogen (secondary N) is 1. The van der Waals surface area contributed by atoms with Gasteiger partial charge in [-0.3, -0.25) is 14.5 Å². The van der Waals surface area contributed by atoms with Gasteiger partial charge < -0.3 is 19.7 Å². The second-order valence-electron chi connectivity index (χ2n) is 6.84. The molecule has 1 aromatic carbocycles. The molecule has 2 aliphatic heterocycles. The Kier molecular flexibility index (Phi) is 6.08. The Bertz CT molecular complexity index is 1080. The summed E-state index contributed by atoms with van der Waals surface area (Å²) in [5.41, 5.74) is 1.22. The van der Waals surface area contributed by atoms with Gasteiger partial charge in [0, 0.05) is 12.2 Å². The molecule has 9 nitrogen and oxygen atoms in total. The Labute approximate surface area is 186 Å². The predicted molar refractivity (Wildman–Crippen MR) is 114 cm³/mol. The van der Waals surface area contributed by atoms with E-state index in [1.54, 1.807) is 30.3 Å². The monoisotopic (exact) mass is 460 g/mol. The SMILES string of the molecule is N#Cc1cc(N2CC(CNC(=O)c3ccc(Cl)s3)OC2=O)ccc1N1CCOCC1=O. The number of carbonyl (C=O) groups excluding carboxylic acids is 3. The predicted octanol–water partition coefficient (Wildman–Crippen LogP) is 2.39. The average molecular weight is 461 g/mol. The van der Waals surface area contributed by atoms with Crippen LogP contribution in [0.1, 0.15) is 15.2 Å². The zero-order chi connectivity index (χ0) is 22.0. The lowest BCUT2D eigenvalue weighted by Crippen LogP contribution is -2.42. The number of hydrogen-bond donors (Lipinski definition) is 1. The van der Waals surface area contributed by atoms with Crippen LogP contribution in [0.3, 0.4) is 0 Å². The lowest BCUT2D eigenvalue weighted by molar-refractivity contribution is -0.125. The summed E-state index contributed by atoms with van der Waals surface area (Å²) >= 11 is 7.01. The fraction of sp³-hybridized carbons (Fsp3) is 0.300. The smallest absolute Gasteiger partial charge is 0.414 e. The molecule has 2 aliphatic rings. The van der Waals surface area contributed by atoms with Gasteiger partial charge in [-0.15, -0.1) is 11.3 Å². The number of ether oxygens (including phenoxy) is 2. The van der Waals surface area contributed by atoms with Gasteiger partial charge in [0.1, 0.15) is 18.8 Å². The molecule has 2 saturated heterocycles. The van der Waals surface area contributed by atoms with Crippen molar-refractivity contribution in [2.45, 2.75) is 6.10 Å². The molecule has 2 aromatic rings. The number of thiophene rings is 1. The summed E-state index contributed by atoms with van der Waals surface area (Å²) in [5.74, 6) is -0.517. The van der Waals surface area contributed by atoms with Crippen LogP contribution in [0, 0.1) is 11.3 Å². The van der Waals surface area contributed by atoms with E-state index in [-0.39, 0.29) is 37.1 Å². The van der Waals surface area contributed by atoms with Crippen LogP contribution in [0.5, 0.6) is 0 Å². The van der Waals surface area contributed by atoms with Crippen molar-refractivity contribution in [2.24, 2.45) is 0 Å². The molecule has 3 heterocycles. The first kappa shape index (κ1) is 21.1. The third kappa shape index (κ3) is 4.49. The highest BCUT2D eigenvalue weighted by Crippen LogP contribution is 2.29. The Morgan fingerprint density at radius 3 is 2.84 bits per heavy atom. The molecule has 0 spiro atoms. The molecule has 0 saturated carbocycles. The molecular weight excluding hydrogens is 444 g/mol. The van der Waals surface area contributed by atoms with Crippen LogP contribution >= 0.6 is 22.9 Å². The summed E-state index contributed by atoms with van der Waals surface area (Å²) in [6.07, 6.45) is -1.12. The summed E-state index contributed by atoms with van der Waals surface area (Å²) in [6.45, 7) is 1.07. The largest absolute Gasteiger partial charge is 0.442 e. The Hall–Kier alpha value is -3.13. The maximum Gasteiger partial charge on any atom is 0.414 e. The molecule has 1 aromatic heterocycles. The van der Waals surface area contributed by atoms with Crippen LogP contribution in [0.4, 0.5) is 16.2 Å². The van der Waals surface area contributed by atoms with Gasteiger partial charge in [0.15, 0.2) is 0 Å². The number of carbonyl (C=O) groups is 3. The first-order valence-electron chi connectivity index (χ1n) is 9.40. The molecule has 0 bridgehead atoms. The molecule has 1 N–H and O–H groups in total. The second-order valence-corrected chi connectivity index (χ2v) is 8.56. The van der Waals surface area contributed by atoms with E-state index in [9.17, 15) is 19.6 Å². The lowest BCUT2D eigenvalue weighted by Gasteiger charge is -2.28. The molecule has 1 unspecified atom stereocenters. The molecule has 4 rings (SSSR count). The van der Waals surface area contributed by atoms with Gasteiger partial charge in [0.25, 0.3) is 11.8 Å². The number of morpholine rings is 1. The molecule has 1 atom stereocenters. The van der Waals surface area contributed by atoms with Gasteiger partial charge in [-0.2, -0.15) is 5.26 Å². The second kappa shape index (κ2) is 8.93. The zero-order valence-electron chi connectivity index (χ0n) is 16.2. The molecule has 0 radical (unpaired) electrons. The highest BCUT2D eigenvalue weighted by molar-refractivity contribution is 7.18. The molecule has 31 heavy (non-hydrogen) atoms. The van der Waals surface area contributed by atoms with Crippen molar-refractivity contribution in [3.63, 3.8) is 0 Å². The van der Waals surface area contributed by atoms with Crippen molar-refractivity contribution >= 4 is 52.2 Å². The molecule has 0 aliphatic carbocycles. The molecular formula is C20H17ClN4O5S. The third-order valence-corrected chi connectivity index (χ3v) is 6.08. The summed E-state index contributed by atoms with van der Waals surface area (Å²) in [7, 11) is 0. The van der Waals surface area contributed by atoms with E-state index in [0.717, 1.165) is 11.3 Å². The van der Waals surface area contributed by atoms with Crippen LogP contribution in [-0.4, -0.2) is 56.9 Å². The average Bonchev–Trinajstić information content (AvgIpc) is 3.37. The topological polar surface area (TPSA) is 112 Å².